The number of fused-ring (bicyclic) bond motifs is 3. The highest BCUT2D eigenvalue weighted by atomic mass is 35.5. The molecule has 0 radical (unpaired) electrons. The van der Waals surface area contributed by atoms with Crippen molar-refractivity contribution in [2.24, 2.45) is 23.7 Å². The molecule has 3 saturated carbocycles. The number of ketones is 1. The summed E-state index contributed by atoms with van der Waals surface area (Å²) in [5.41, 5.74) is 4.60. The first-order valence-corrected chi connectivity index (χ1v) is 12.0. The molecule has 0 saturated heterocycles. The molecule has 2 bridgehead atoms. The summed E-state index contributed by atoms with van der Waals surface area (Å²) in [4.78, 5) is 22.4. The molecule has 0 amide bonds. The highest BCUT2D eigenvalue weighted by molar-refractivity contribution is 6.31. The zero-order chi connectivity index (χ0) is 22.9. The van der Waals surface area contributed by atoms with E-state index in [2.05, 4.69) is 9.97 Å². The summed E-state index contributed by atoms with van der Waals surface area (Å²) in [5.74, 6) is 2.28. The van der Waals surface area contributed by atoms with Crippen LogP contribution in [0.1, 0.15) is 42.4 Å². The molecule has 1 N–H and O–H groups in total. The monoisotopic (exact) mass is 460 g/mol. The Bertz CT molecular complexity index is 1320. The van der Waals surface area contributed by atoms with E-state index in [0.29, 0.717) is 50.9 Å². The Labute approximate surface area is 197 Å². The number of allylic oxidation sites excluding steroid dienone is 2. The van der Waals surface area contributed by atoms with Crippen molar-refractivity contribution in [2.45, 2.75) is 39.5 Å². The van der Waals surface area contributed by atoms with E-state index in [4.69, 9.17) is 16.3 Å². The molecule has 33 heavy (non-hydrogen) atoms. The number of hydrogen-bond acceptors (Lipinski definition) is 5. The fourth-order valence-electron chi connectivity index (χ4n) is 6.44. The molecule has 4 aliphatic rings. The second-order valence-electron chi connectivity index (χ2n) is 9.73. The smallest absolute Gasteiger partial charge is 0.238 e. The maximum atomic E-state index is 13.5. The number of Topliss-reactive ketones (excluding diaryl/α,β-unsaturated/α-hetero) is 1. The minimum Gasteiger partial charge on any atom is -0.511 e. The summed E-state index contributed by atoms with van der Waals surface area (Å²) < 4.78 is 6.02. The second-order valence-corrected chi connectivity index (χ2v) is 10.2. The van der Waals surface area contributed by atoms with Crippen LogP contribution in [-0.2, 0) is 4.79 Å². The number of aromatic nitrogens is 2. The molecular weight excluding hydrogens is 436 g/mol. The molecule has 2 aromatic carbocycles. The number of benzene rings is 2. The standard InChI is InChI=1S/C27H25ClN2O3/c1-13-9-18(33-21-12-29-20-11-17(28)7-8-19(20)30-21)10-14(2)22(13)25-26(31)23-15-3-4-16(6-5-15)24(23)27(25)32/h7-12,15-16,23-24,31H,3-6H2,1-2H3. The number of aryl methyl sites for hydroxylation is 2. The van der Waals surface area contributed by atoms with Crippen LogP contribution < -0.4 is 4.74 Å². The summed E-state index contributed by atoms with van der Waals surface area (Å²) in [7, 11) is 0. The summed E-state index contributed by atoms with van der Waals surface area (Å²) in [6.07, 6.45) is 6.05. The van der Waals surface area contributed by atoms with Crippen LogP contribution in [0.15, 0.2) is 42.3 Å². The molecule has 6 heteroatoms. The minimum atomic E-state index is -0.0383. The fourth-order valence-corrected chi connectivity index (χ4v) is 6.61. The lowest BCUT2D eigenvalue weighted by Gasteiger charge is -2.44. The average molecular weight is 461 g/mol. The highest BCUT2D eigenvalue weighted by Crippen LogP contribution is 2.57. The van der Waals surface area contributed by atoms with Gasteiger partial charge in [-0.25, -0.2) is 9.97 Å². The van der Waals surface area contributed by atoms with Crippen molar-refractivity contribution < 1.29 is 14.6 Å². The van der Waals surface area contributed by atoms with Crippen molar-refractivity contribution in [2.75, 3.05) is 0 Å². The van der Waals surface area contributed by atoms with Gasteiger partial charge in [0.25, 0.3) is 0 Å². The Kier molecular flexibility index (Phi) is 4.73. The lowest BCUT2D eigenvalue weighted by molar-refractivity contribution is -0.123. The van der Waals surface area contributed by atoms with E-state index in [1.807, 2.05) is 32.0 Å². The van der Waals surface area contributed by atoms with Gasteiger partial charge in [-0.3, -0.25) is 4.79 Å². The van der Waals surface area contributed by atoms with Gasteiger partial charge in [-0.05, 0) is 98.4 Å². The molecular formula is C27H25ClN2O3. The van der Waals surface area contributed by atoms with E-state index >= 15 is 0 Å². The maximum Gasteiger partial charge on any atom is 0.238 e. The van der Waals surface area contributed by atoms with Crippen LogP contribution in [-0.4, -0.2) is 20.9 Å². The molecule has 3 aromatic rings. The summed E-state index contributed by atoms with van der Waals surface area (Å²) in [6.45, 7) is 3.93. The SMILES string of the molecule is Cc1cc(Oc2cnc3cc(Cl)ccc3n2)cc(C)c1C1=C(O)C2C3CCC(CC3)C2C1=O. The quantitative estimate of drug-likeness (QED) is 0.477. The third kappa shape index (κ3) is 3.24. The largest absolute Gasteiger partial charge is 0.511 e. The second kappa shape index (κ2) is 7.56. The number of hydrogen-bond donors (Lipinski definition) is 1. The molecule has 168 valence electrons. The van der Waals surface area contributed by atoms with Gasteiger partial charge < -0.3 is 9.84 Å². The van der Waals surface area contributed by atoms with Gasteiger partial charge in [-0.2, -0.15) is 0 Å². The Morgan fingerprint density at radius 2 is 1.64 bits per heavy atom. The maximum absolute atomic E-state index is 13.5. The molecule has 1 aromatic heterocycles. The van der Waals surface area contributed by atoms with Gasteiger partial charge in [0.1, 0.15) is 11.5 Å². The van der Waals surface area contributed by atoms with Crippen LogP contribution in [0.2, 0.25) is 5.02 Å². The number of carbonyl (C=O) groups is 1. The zero-order valence-corrected chi connectivity index (χ0v) is 19.4. The Balaban J connectivity index is 1.34. The van der Waals surface area contributed by atoms with E-state index in [-0.39, 0.29) is 17.6 Å². The van der Waals surface area contributed by atoms with Crippen molar-refractivity contribution in [1.82, 2.24) is 9.97 Å². The van der Waals surface area contributed by atoms with Crippen LogP contribution >= 0.6 is 11.6 Å². The lowest BCUT2D eigenvalue weighted by atomic mass is 9.59. The van der Waals surface area contributed by atoms with E-state index in [1.54, 1.807) is 18.3 Å². The Hall–Kier alpha value is -2.92. The van der Waals surface area contributed by atoms with Crippen molar-refractivity contribution in [3.8, 4) is 11.6 Å². The van der Waals surface area contributed by atoms with E-state index in [9.17, 15) is 9.90 Å². The third-order valence-electron chi connectivity index (χ3n) is 7.80. The molecule has 2 unspecified atom stereocenters. The van der Waals surface area contributed by atoms with Gasteiger partial charge in [0.2, 0.25) is 5.88 Å². The molecule has 5 nitrogen and oxygen atoms in total. The fraction of sp³-hybridized carbons (Fsp3) is 0.370. The number of carbonyl (C=O) groups excluding carboxylic acids is 1. The molecule has 1 heterocycles. The van der Waals surface area contributed by atoms with E-state index < -0.39 is 0 Å². The van der Waals surface area contributed by atoms with Gasteiger partial charge in [-0.1, -0.05) is 11.6 Å². The number of aliphatic hydroxyl groups is 1. The predicted octanol–water partition coefficient (Wildman–Crippen LogP) is 6.60. The first kappa shape index (κ1) is 20.7. The van der Waals surface area contributed by atoms with Crippen LogP contribution in [0.5, 0.6) is 11.6 Å². The van der Waals surface area contributed by atoms with Gasteiger partial charge in [-0.15, -0.1) is 0 Å². The Morgan fingerprint density at radius 3 is 2.30 bits per heavy atom. The number of halogens is 1. The molecule has 2 atom stereocenters. The summed E-state index contributed by atoms with van der Waals surface area (Å²) in [5, 5.41) is 11.8. The van der Waals surface area contributed by atoms with Crippen LogP contribution in [0.3, 0.4) is 0 Å². The van der Waals surface area contributed by atoms with Gasteiger partial charge >= 0.3 is 0 Å². The average Bonchev–Trinajstić information content (AvgIpc) is 3.07. The predicted molar refractivity (Wildman–Crippen MR) is 128 cm³/mol. The van der Waals surface area contributed by atoms with Gasteiger partial charge in [0.05, 0.1) is 22.8 Å². The number of aliphatic hydroxyl groups excluding tert-OH is 1. The highest BCUT2D eigenvalue weighted by Gasteiger charge is 2.54. The zero-order valence-electron chi connectivity index (χ0n) is 18.6. The van der Waals surface area contributed by atoms with Crippen LogP contribution in [0.25, 0.3) is 16.6 Å². The Morgan fingerprint density at radius 1 is 0.970 bits per heavy atom. The van der Waals surface area contributed by atoms with Crippen LogP contribution in [0, 0.1) is 37.5 Å². The van der Waals surface area contributed by atoms with Crippen molar-refractivity contribution >= 4 is 34.0 Å². The minimum absolute atomic E-state index is 0.0103. The normalized spacial score (nSPS) is 26.2. The molecule has 7 rings (SSSR count). The summed E-state index contributed by atoms with van der Waals surface area (Å²) >= 11 is 6.03. The molecule has 0 spiro atoms. The third-order valence-corrected chi connectivity index (χ3v) is 8.04. The van der Waals surface area contributed by atoms with Gasteiger partial charge in [0.15, 0.2) is 5.78 Å². The van der Waals surface area contributed by atoms with E-state index in [1.165, 1.54) is 0 Å². The van der Waals surface area contributed by atoms with Crippen molar-refractivity contribution in [3.05, 3.63) is 64.0 Å². The van der Waals surface area contributed by atoms with Crippen molar-refractivity contribution in [1.29, 1.82) is 0 Å². The number of nitrogens with zero attached hydrogens (tertiary/aromatic N) is 2. The first-order chi connectivity index (χ1) is 15.9. The first-order valence-electron chi connectivity index (χ1n) is 11.6. The van der Waals surface area contributed by atoms with Gasteiger partial charge in [0, 0.05) is 16.9 Å². The van der Waals surface area contributed by atoms with Crippen molar-refractivity contribution in [3.63, 3.8) is 0 Å². The lowest BCUT2D eigenvalue weighted by Crippen LogP contribution is -2.41. The van der Waals surface area contributed by atoms with Crippen LogP contribution in [0.4, 0.5) is 0 Å². The number of rotatable bonds is 3. The topological polar surface area (TPSA) is 72.3 Å². The van der Waals surface area contributed by atoms with E-state index in [0.717, 1.165) is 42.4 Å². The molecule has 3 fully saturated rings. The number of ether oxygens (including phenoxy) is 1. The molecule has 4 aliphatic carbocycles. The summed E-state index contributed by atoms with van der Waals surface area (Å²) in [6, 6.07) is 9.15. The molecule has 0 aliphatic heterocycles.